The third-order valence-electron chi connectivity index (χ3n) is 1.52. The van der Waals surface area contributed by atoms with Crippen LogP contribution in [0.1, 0.15) is 39.5 Å². The molecular formula is C8H17NO2S. The Labute approximate surface area is 74.7 Å². The first-order chi connectivity index (χ1) is 5.52. The molecule has 12 heavy (non-hydrogen) atoms. The zero-order valence-corrected chi connectivity index (χ0v) is 8.52. The number of nitrogens with two attached hydrogens (primary N) is 1. The second-order valence-electron chi connectivity index (χ2n) is 2.75. The lowest BCUT2D eigenvalue weighted by Crippen LogP contribution is -2.14. The Hall–Kier alpha value is -0.350. The highest BCUT2D eigenvalue weighted by molar-refractivity contribution is 7.93. The van der Waals surface area contributed by atoms with Crippen molar-refractivity contribution in [2.75, 3.05) is 0 Å². The van der Waals surface area contributed by atoms with Crippen LogP contribution in [0.2, 0.25) is 0 Å². The van der Waals surface area contributed by atoms with Gasteiger partial charge in [-0.25, -0.2) is 13.6 Å². The van der Waals surface area contributed by atoms with Crippen LogP contribution in [0.5, 0.6) is 0 Å². The van der Waals surface area contributed by atoms with Gasteiger partial charge in [0.2, 0.25) is 10.0 Å². The summed E-state index contributed by atoms with van der Waals surface area (Å²) in [6.07, 6.45) is 4.82. The minimum atomic E-state index is -3.44. The quantitative estimate of drug-likeness (QED) is 0.719. The summed E-state index contributed by atoms with van der Waals surface area (Å²) >= 11 is 0. The molecule has 72 valence electrons. The first kappa shape index (κ1) is 11.6. The molecule has 0 rings (SSSR count). The molecule has 0 bridgehead atoms. The molecule has 4 heteroatoms. The van der Waals surface area contributed by atoms with Crippen molar-refractivity contribution in [2.45, 2.75) is 39.5 Å². The third kappa shape index (κ3) is 4.51. The number of sulfonamides is 1. The highest BCUT2D eigenvalue weighted by Crippen LogP contribution is 2.11. The van der Waals surface area contributed by atoms with E-state index in [1.165, 1.54) is 0 Å². The smallest absolute Gasteiger partial charge is 0.225 e. The zero-order valence-electron chi connectivity index (χ0n) is 7.71. The van der Waals surface area contributed by atoms with Crippen LogP contribution in [0, 0.1) is 0 Å². The van der Waals surface area contributed by atoms with E-state index in [0.717, 1.165) is 19.3 Å². The number of unbranched alkanes of at least 4 members (excludes halogenated alkanes) is 1. The van der Waals surface area contributed by atoms with Gasteiger partial charge in [-0.1, -0.05) is 32.8 Å². The van der Waals surface area contributed by atoms with Gasteiger partial charge in [-0.15, -0.1) is 0 Å². The summed E-state index contributed by atoms with van der Waals surface area (Å²) in [4.78, 5) is 0.381. The molecule has 0 aromatic heterocycles. The number of hydrogen-bond donors (Lipinski definition) is 1. The molecule has 0 atom stereocenters. The number of rotatable bonds is 5. The summed E-state index contributed by atoms with van der Waals surface area (Å²) < 4.78 is 21.9. The van der Waals surface area contributed by atoms with Gasteiger partial charge in [-0.3, -0.25) is 0 Å². The molecule has 0 heterocycles. The molecule has 0 aromatic carbocycles. The maximum absolute atomic E-state index is 10.9. The van der Waals surface area contributed by atoms with E-state index in [1.807, 2.05) is 13.8 Å². The van der Waals surface area contributed by atoms with Crippen molar-refractivity contribution in [3.05, 3.63) is 11.0 Å². The van der Waals surface area contributed by atoms with E-state index in [4.69, 9.17) is 5.14 Å². The molecule has 0 spiro atoms. The fourth-order valence-corrected chi connectivity index (χ4v) is 1.75. The Bertz CT molecular complexity index is 242. The Morgan fingerprint density at radius 3 is 2.25 bits per heavy atom. The van der Waals surface area contributed by atoms with Crippen LogP contribution in [-0.2, 0) is 10.0 Å². The van der Waals surface area contributed by atoms with E-state index in [0.29, 0.717) is 11.3 Å². The maximum atomic E-state index is 10.9. The molecule has 0 aromatic rings. The lowest BCUT2D eigenvalue weighted by atomic mass is 10.2. The fourth-order valence-electron chi connectivity index (χ4n) is 0.912. The second-order valence-corrected chi connectivity index (χ2v) is 4.37. The third-order valence-corrected chi connectivity index (χ3v) is 2.62. The van der Waals surface area contributed by atoms with Gasteiger partial charge in [0.15, 0.2) is 0 Å². The topological polar surface area (TPSA) is 60.2 Å². The molecule has 0 unspecified atom stereocenters. The normalized spacial score (nSPS) is 13.4. The van der Waals surface area contributed by atoms with Crippen LogP contribution in [0.3, 0.4) is 0 Å². The minimum absolute atomic E-state index is 0.381. The highest BCUT2D eigenvalue weighted by atomic mass is 32.2. The summed E-state index contributed by atoms with van der Waals surface area (Å²) in [6, 6.07) is 0. The molecule has 0 fully saturated rings. The van der Waals surface area contributed by atoms with E-state index < -0.39 is 10.0 Å². The molecule has 0 aliphatic rings. The van der Waals surface area contributed by atoms with Crippen molar-refractivity contribution in [2.24, 2.45) is 5.14 Å². The molecule has 0 aliphatic carbocycles. The van der Waals surface area contributed by atoms with Gasteiger partial charge in [0.25, 0.3) is 0 Å². The van der Waals surface area contributed by atoms with Gasteiger partial charge in [-0.2, -0.15) is 0 Å². The lowest BCUT2D eigenvalue weighted by Gasteiger charge is -2.01. The van der Waals surface area contributed by atoms with Gasteiger partial charge in [0.1, 0.15) is 0 Å². The lowest BCUT2D eigenvalue weighted by molar-refractivity contribution is 0.601. The van der Waals surface area contributed by atoms with Gasteiger partial charge >= 0.3 is 0 Å². The minimum Gasteiger partial charge on any atom is -0.225 e. The van der Waals surface area contributed by atoms with Crippen molar-refractivity contribution in [1.29, 1.82) is 0 Å². The monoisotopic (exact) mass is 191 g/mol. The van der Waals surface area contributed by atoms with Crippen LogP contribution >= 0.6 is 0 Å². The van der Waals surface area contributed by atoms with Gasteiger partial charge < -0.3 is 0 Å². The Balaban J connectivity index is 4.44. The van der Waals surface area contributed by atoms with Gasteiger partial charge in [0.05, 0.1) is 4.91 Å². The maximum Gasteiger partial charge on any atom is 0.233 e. The summed E-state index contributed by atoms with van der Waals surface area (Å²) in [7, 11) is -3.44. The molecule has 0 radical (unpaired) electrons. The van der Waals surface area contributed by atoms with E-state index in [9.17, 15) is 8.42 Å². The predicted octanol–water partition coefficient (Wildman–Crippen LogP) is 1.76. The number of allylic oxidation sites excluding steroid dienone is 2. The van der Waals surface area contributed by atoms with Crippen molar-refractivity contribution in [3.8, 4) is 0 Å². The number of hydrogen-bond acceptors (Lipinski definition) is 2. The van der Waals surface area contributed by atoms with Crippen molar-refractivity contribution in [1.82, 2.24) is 0 Å². The van der Waals surface area contributed by atoms with E-state index in [-0.39, 0.29) is 0 Å². The largest absolute Gasteiger partial charge is 0.233 e. The van der Waals surface area contributed by atoms with E-state index in [2.05, 4.69) is 0 Å². The standard InChI is InChI=1S/C8H17NO2S/c1-3-5-7-8(6-4-2)12(9,10)11/h7H,3-6H2,1-2H3,(H2,9,10,11). The molecule has 0 saturated carbocycles. The van der Waals surface area contributed by atoms with Crippen LogP contribution in [-0.4, -0.2) is 8.42 Å². The first-order valence-electron chi connectivity index (χ1n) is 4.24. The summed E-state index contributed by atoms with van der Waals surface area (Å²) in [5.74, 6) is 0. The second kappa shape index (κ2) is 5.32. The van der Waals surface area contributed by atoms with Crippen LogP contribution in [0.15, 0.2) is 11.0 Å². The Kier molecular flexibility index (Phi) is 5.17. The molecular weight excluding hydrogens is 174 g/mol. The van der Waals surface area contributed by atoms with Crippen LogP contribution < -0.4 is 5.14 Å². The summed E-state index contributed by atoms with van der Waals surface area (Å²) in [5, 5.41) is 5.01. The van der Waals surface area contributed by atoms with Crippen molar-refractivity contribution < 1.29 is 8.42 Å². The molecule has 3 nitrogen and oxygen atoms in total. The predicted molar refractivity (Wildman–Crippen MR) is 51.0 cm³/mol. The van der Waals surface area contributed by atoms with E-state index >= 15 is 0 Å². The molecule has 2 N–H and O–H groups in total. The average Bonchev–Trinajstić information content (AvgIpc) is 1.95. The average molecular weight is 191 g/mol. The van der Waals surface area contributed by atoms with Gasteiger partial charge in [0, 0.05) is 0 Å². The molecule has 0 amide bonds. The number of primary sulfonamides is 1. The van der Waals surface area contributed by atoms with Crippen molar-refractivity contribution >= 4 is 10.0 Å². The van der Waals surface area contributed by atoms with E-state index in [1.54, 1.807) is 6.08 Å². The first-order valence-corrected chi connectivity index (χ1v) is 5.78. The summed E-state index contributed by atoms with van der Waals surface area (Å²) in [6.45, 7) is 3.94. The van der Waals surface area contributed by atoms with Gasteiger partial charge in [-0.05, 0) is 12.8 Å². The Morgan fingerprint density at radius 2 is 1.92 bits per heavy atom. The van der Waals surface area contributed by atoms with Crippen molar-refractivity contribution in [3.63, 3.8) is 0 Å². The molecule has 0 saturated heterocycles. The Morgan fingerprint density at radius 1 is 1.33 bits per heavy atom. The summed E-state index contributed by atoms with van der Waals surface area (Å²) in [5.41, 5.74) is 0. The molecule has 0 aliphatic heterocycles. The zero-order chi connectivity index (χ0) is 9.61. The van der Waals surface area contributed by atoms with Crippen LogP contribution in [0.25, 0.3) is 0 Å². The highest BCUT2D eigenvalue weighted by Gasteiger charge is 2.09. The fraction of sp³-hybridized carbons (Fsp3) is 0.750. The SMILES string of the molecule is CCCC=C(CCC)S(N)(=O)=O. The van der Waals surface area contributed by atoms with Crippen LogP contribution in [0.4, 0.5) is 0 Å².